The van der Waals surface area contributed by atoms with E-state index in [4.69, 9.17) is 4.74 Å². The quantitative estimate of drug-likeness (QED) is 0.726. The zero-order chi connectivity index (χ0) is 14.1. The molecule has 1 N–H and O–H groups in total. The lowest BCUT2D eigenvalue weighted by atomic mass is 9.97. The number of carboxylic acids is 1. The van der Waals surface area contributed by atoms with Crippen molar-refractivity contribution >= 4 is 27.5 Å². The van der Waals surface area contributed by atoms with Gasteiger partial charge in [0.1, 0.15) is 5.75 Å². The van der Waals surface area contributed by atoms with Gasteiger partial charge in [0.05, 0.1) is 12.2 Å². The van der Waals surface area contributed by atoms with E-state index >= 15 is 0 Å². The molecule has 0 saturated heterocycles. The molecule has 3 rings (SSSR count). The van der Waals surface area contributed by atoms with Crippen LogP contribution in [0.3, 0.4) is 0 Å². The van der Waals surface area contributed by atoms with Gasteiger partial charge in [-0.3, -0.25) is 0 Å². The van der Waals surface area contributed by atoms with E-state index in [1.165, 1.54) is 0 Å². The Morgan fingerprint density at radius 1 is 1.00 bits per heavy atom. The predicted octanol–water partition coefficient (Wildman–Crippen LogP) is 4.09. The molecule has 3 aromatic carbocycles. The average Bonchev–Trinajstić information content (AvgIpc) is 2.47. The highest BCUT2D eigenvalue weighted by molar-refractivity contribution is 6.16. The van der Waals surface area contributed by atoms with E-state index in [-0.39, 0.29) is 0 Å². The molecule has 0 radical (unpaired) electrons. The van der Waals surface area contributed by atoms with E-state index in [1.807, 2.05) is 49.4 Å². The van der Waals surface area contributed by atoms with Crippen molar-refractivity contribution in [1.29, 1.82) is 0 Å². The molecule has 0 saturated carbocycles. The Bertz CT molecular complexity index is 806. The summed E-state index contributed by atoms with van der Waals surface area (Å²) >= 11 is 0. The van der Waals surface area contributed by atoms with Crippen molar-refractivity contribution in [3.8, 4) is 5.75 Å². The van der Waals surface area contributed by atoms with Crippen LogP contribution in [0.4, 0.5) is 0 Å². The maximum absolute atomic E-state index is 11.5. The number of rotatable bonds is 3. The maximum Gasteiger partial charge on any atom is 0.336 e. The molecule has 3 aromatic rings. The smallest absolute Gasteiger partial charge is 0.336 e. The van der Waals surface area contributed by atoms with Crippen LogP contribution in [0.5, 0.6) is 5.75 Å². The maximum atomic E-state index is 11.5. The van der Waals surface area contributed by atoms with E-state index in [1.54, 1.807) is 6.07 Å². The van der Waals surface area contributed by atoms with Crippen LogP contribution in [-0.2, 0) is 0 Å². The lowest BCUT2D eigenvalue weighted by molar-refractivity contribution is 0.0699. The fourth-order valence-electron chi connectivity index (χ4n) is 2.56. The summed E-state index contributed by atoms with van der Waals surface area (Å²) in [7, 11) is 0. The Kier molecular flexibility index (Phi) is 3.03. The molecular weight excluding hydrogens is 252 g/mol. The van der Waals surface area contributed by atoms with Crippen molar-refractivity contribution in [3.63, 3.8) is 0 Å². The van der Waals surface area contributed by atoms with Crippen LogP contribution in [0.2, 0.25) is 0 Å². The Morgan fingerprint density at radius 2 is 1.65 bits per heavy atom. The highest BCUT2D eigenvalue weighted by atomic mass is 16.5. The Morgan fingerprint density at radius 3 is 2.35 bits per heavy atom. The topological polar surface area (TPSA) is 46.5 Å². The second-order valence-corrected chi connectivity index (χ2v) is 4.56. The molecule has 0 spiro atoms. The second-order valence-electron chi connectivity index (χ2n) is 4.56. The van der Waals surface area contributed by atoms with Gasteiger partial charge in [0, 0.05) is 5.39 Å². The largest absolute Gasteiger partial charge is 0.493 e. The molecule has 0 aliphatic carbocycles. The zero-order valence-electron chi connectivity index (χ0n) is 11.1. The van der Waals surface area contributed by atoms with Crippen molar-refractivity contribution in [2.45, 2.75) is 6.92 Å². The van der Waals surface area contributed by atoms with Gasteiger partial charge in [0.15, 0.2) is 0 Å². The van der Waals surface area contributed by atoms with Crippen molar-refractivity contribution < 1.29 is 14.6 Å². The predicted molar refractivity (Wildman–Crippen MR) is 79.6 cm³/mol. The number of ether oxygens (including phenoxy) is 1. The van der Waals surface area contributed by atoms with Crippen molar-refractivity contribution in [2.75, 3.05) is 6.61 Å². The fourth-order valence-corrected chi connectivity index (χ4v) is 2.56. The zero-order valence-corrected chi connectivity index (χ0v) is 11.1. The minimum Gasteiger partial charge on any atom is -0.493 e. The van der Waals surface area contributed by atoms with Gasteiger partial charge in [-0.05, 0) is 35.2 Å². The molecule has 100 valence electrons. The van der Waals surface area contributed by atoms with Gasteiger partial charge in [-0.1, -0.05) is 36.4 Å². The Hall–Kier alpha value is -2.55. The summed E-state index contributed by atoms with van der Waals surface area (Å²) < 4.78 is 5.61. The summed E-state index contributed by atoms with van der Waals surface area (Å²) in [6.07, 6.45) is 0. The number of aromatic carboxylic acids is 1. The molecule has 3 heteroatoms. The third kappa shape index (κ3) is 1.88. The monoisotopic (exact) mass is 266 g/mol. The molecule has 0 aliphatic heterocycles. The van der Waals surface area contributed by atoms with E-state index < -0.39 is 5.97 Å². The van der Waals surface area contributed by atoms with Crippen LogP contribution in [0.25, 0.3) is 21.5 Å². The van der Waals surface area contributed by atoms with E-state index in [2.05, 4.69) is 0 Å². The number of carbonyl (C=O) groups is 1. The molecule has 3 nitrogen and oxygen atoms in total. The molecular formula is C17H14O3. The van der Waals surface area contributed by atoms with E-state index in [0.29, 0.717) is 12.2 Å². The van der Waals surface area contributed by atoms with Gasteiger partial charge in [0.25, 0.3) is 0 Å². The first-order chi connectivity index (χ1) is 9.72. The van der Waals surface area contributed by atoms with Gasteiger partial charge in [-0.25, -0.2) is 4.79 Å². The summed E-state index contributed by atoms with van der Waals surface area (Å²) in [6, 6.07) is 15.0. The van der Waals surface area contributed by atoms with Gasteiger partial charge in [-0.15, -0.1) is 0 Å². The third-order valence-corrected chi connectivity index (χ3v) is 3.39. The average molecular weight is 266 g/mol. The molecule has 0 atom stereocenters. The number of hydrogen-bond acceptors (Lipinski definition) is 2. The first-order valence-electron chi connectivity index (χ1n) is 6.53. The Balaban J connectivity index is 2.48. The summed E-state index contributed by atoms with van der Waals surface area (Å²) in [5.74, 6) is -0.201. The number of carboxylic acid groups (broad SMARTS) is 1. The summed E-state index contributed by atoms with van der Waals surface area (Å²) in [6.45, 7) is 2.46. The van der Waals surface area contributed by atoms with Gasteiger partial charge >= 0.3 is 5.97 Å². The molecule has 20 heavy (non-hydrogen) atoms. The number of benzene rings is 3. The molecule has 0 aliphatic rings. The first-order valence-corrected chi connectivity index (χ1v) is 6.53. The van der Waals surface area contributed by atoms with Gasteiger partial charge in [0.2, 0.25) is 0 Å². The normalized spacial score (nSPS) is 10.8. The lowest BCUT2D eigenvalue weighted by Crippen LogP contribution is -1.99. The lowest BCUT2D eigenvalue weighted by Gasteiger charge is -2.11. The molecule has 0 amide bonds. The number of fused-ring (bicyclic) bond motifs is 3. The van der Waals surface area contributed by atoms with Crippen molar-refractivity contribution in [3.05, 3.63) is 54.1 Å². The van der Waals surface area contributed by atoms with Crippen LogP contribution < -0.4 is 4.74 Å². The minimum atomic E-state index is -0.922. The first kappa shape index (κ1) is 12.5. The van der Waals surface area contributed by atoms with E-state index in [9.17, 15) is 9.90 Å². The van der Waals surface area contributed by atoms with Crippen LogP contribution in [0, 0.1) is 0 Å². The molecule has 0 bridgehead atoms. The fraction of sp³-hybridized carbons (Fsp3) is 0.118. The molecule has 0 unspecified atom stereocenters. The van der Waals surface area contributed by atoms with Crippen molar-refractivity contribution in [2.24, 2.45) is 0 Å². The van der Waals surface area contributed by atoms with Gasteiger partial charge in [-0.2, -0.15) is 0 Å². The SMILES string of the molecule is CCOc1cccc2c1cc(C(=O)O)c1ccccc12. The highest BCUT2D eigenvalue weighted by Gasteiger charge is 2.13. The highest BCUT2D eigenvalue weighted by Crippen LogP contribution is 2.34. The third-order valence-electron chi connectivity index (χ3n) is 3.39. The Labute approximate surface area is 116 Å². The van der Waals surface area contributed by atoms with Crippen molar-refractivity contribution in [1.82, 2.24) is 0 Å². The van der Waals surface area contributed by atoms with Crippen LogP contribution in [-0.4, -0.2) is 17.7 Å². The van der Waals surface area contributed by atoms with Crippen LogP contribution >= 0.6 is 0 Å². The molecule has 0 heterocycles. The summed E-state index contributed by atoms with van der Waals surface area (Å²) in [5.41, 5.74) is 0.306. The number of hydrogen-bond donors (Lipinski definition) is 1. The minimum absolute atomic E-state index is 0.306. The van der Waals surface area contributed by atoms with E-state index in [0.717, 1.165) is 27.3 Å². The van der Waals surface area contributed by atoms with Crippen LogP contribution in [0.1, 0.15) is 17.3 Å². The summed E-state index contributed by atoms with van der Waals surface area (Å²) in [4.78, 5) is 11.5. The molecule has 0 fully saturated rings. The standard InChI is InChI=1S/C17H14O3/c1-2-20-16-9-5-8-12-11-6-3-4-7-13(11)15(17(18)19)10-14(12)16/h3-10H,2H2,1H3,(H,18,19). The summed E-state index contributed by atoms with van der Waals surface area (Å²) in [5, 5.41) is 13.0. The van der Waals surface area contributed by atoms with Gasteiger partial charge < -0.3 is 9.84 Å². The van der Waals surface area contributed by atoms with Crippen LogP contribution in [0.15, 0.2) is 48.5 Å². The molecule has 0 aromatic heterocycles. The second kappa shape index (κ2) is 4.85.